The fourth-order valence-corrected chi connectivity index (χ4v) is 2.11. The van der Waals surface area contributed by atoms with Gasteiger partial charge in [0.05, 0.1) is 19.8 Å². The minimum atomic E-state index is 0.0377. The zero-order valence-corrected chi connectivity index (χ0v) is 11.0. The van der Waals surface area contributed by atoms with Crippen molar-refractivity contribution < 1.29 is 19.3 Å². The third-order valence-electron chi connectivity index (χ3n) is 3.03. The Labute approximate surface area is 116 Å². The molecule has 2 heterocycles. The lowest BCUT2D eigenvalue weighted by molar-refractivity contribution is 0.0992. The molecule has 0 atom stereocenters. The van der Waals surface area contributed by atoms with Gasteiger partial charge in [-0.15, -0.1) is 0 Å². The molecule has 2 N–H and O–H groups in total. The van der Waals surface area contributed by atoms with Crippen molar-refractivity contribution in [3.63, 3.8) is 0 Å². The van der Waals surface area contributed by atoms with Crippen LogP contribution in [0.4, 0.5) is 5.82 Å². The summed E-state index contributed by atoms with van der Waals surface area (Å²) in [6, 6.07) is 5.82. The number of nitrogens with one attached hydrogen (secondary N) is 1. The van der Waals surface area contributed by atoms with Crippen LogP contribution in [0, 0.1) is 0 Å². The van der Waals surface area contributed by atoms with E-state index in [2.05, 4.69) is 10.3 Å². The van der Waals surface area contributed by atoms with Gasteiger partial charge in [-0.05, 0) is 23.6 Å². The van der Waals surface area contributed by atoms with Crippen molar-refractivity contribution in [2.45, 2.75) is 0 Å². The Bertz CT molecular complexity index is 603. The summed E-state index contributed by atoms with van der Waals surface area (Å²) in [5.74, 6) is 2.29. The van der Waals surface area contributed by atoms with Crippen LogP contribution in [0.15, 0.2) is 24.4 Å². The van der Waals surface area contributed by atoms with Crippen LogP contribution in [0.25, 0.3) is 10.8 Å². The third kappa shape index (κ3) is 2.61. The molecule has 106 valence electrons. The van der Waals surface area contributed by atoms with E-state index in [1.165, 1.54) is 0 Å². The van der Waals surface area contributed by atoms with Crippen molar-refractivity contribution in [1.82, 2.24) is 4.98 Å². The number of ether oxygens (including phenoxy) is 3. The number of hydrogen-bond acceptors (Lipinski definition) is 6. The molecular weight excluding hydrogens is 260 g/mol. The molecule has 0 radical (unpaired) electrons. The third-order valence-corrected chi connectivity index (χ3v) is 3.03. The highest BCUT2D eigenvalue weighted by atomic mass is 16.7. The lowest BCUT2D eigenvalue weighted by atomic mass is 10.1. The van der Waals surface area contributed by atoms with Crippen LogP contribution in [0.5, 0.6) is 11.5 Å². The van der Waals surface area contributed by atoms with Crippen LogP contribution in [0.2, 0.25) is 0 Å². The normalized spacial score (nSPS) is 12.8. The van der Waals surface area contributed by atoms with E-state index >= 15 is 0 Å². The summed E-state index contributed by atoms with van der Waals surface area (Å²) in [7, 11) is 0. The number of pyridine rings is 1. The van der Waals surface area contributed by atoms with Gasteiger partial charge in [-0.1, -0.05) is 0 Å². The largest absolute Gasteiger partial charge is 0.454 e. The van der Waals surface area contributed by atoms with E-state index in [4.69, 9.17) is 19.3 Å². The number of benzene rings is 1. The molecule has 0 aliphatic carbocycles. The van der Waals surface area contributed by atoms with Crippen LogP contribution in [-0.2, 0) is 4.74 Å². The summed E-state index contributed by atoms with van der Waals surface area (Å²) in [4.78, 5) is 4.34. The second kappa shape index (κ2) is 5.94. The van der Waals surface area contributed by atoms with Gasteiger partial charge in [0.25, 0.3) is 0 Å². The molecule has 3 rings (SSSR count). The Morgan fingerprint density at radius 2 is 2.10 bits per heavy atom. The standard InChI is InChI=1S/C14H16N2O4/c17-4-6-18-5-3-16-14-11-8-13-12(19-9-20-13)7-10(11)1-2-15-14/h1-2,7-8,17H,3-6,9H2,(H,15,16). The average molecular weight is 276 g/mol. The van der Waals surface area contributed by atoms with Crippen LogP contribution < -0.4 is 14.8 Å². The van der Waals surface area contributed by atoms with Gasteiger partial charge in [-0.25, -0.2) is 4.98 Å². The highest BCUT2D eigenvalue weighted by molar-refractivity contribution is 5.94. The lowest BCUT2D eigenvalue weighted by Crippen LogP contribution is -2.12. The van der Waals surface area contributed by atoms with E-state index in [-0.39, 0.29) is 13.4 Å². The van der Waals surface area contributed by atoms with Crippen molar-refractivity contribution >= 4 is 16.6 Å². The minimum Gasteiger partial charge on any atom is -0.454 e. The van der Waals surface area contributed by atoms with E-state index in [9.17, 15) is 0 Å². The first-order valence-corrected chi connectivity index (χ1v) is 6.49. The molecular formula is C14H16N2O4. The van der Waals surface area contributed by atoms with Gasteiger partial charge in [0.15, 0.2) is 11.5 Å². The Hall–Kier alpha value is -2.05. The molecule has 0 amide bonds. The highest BCUT2D eigenvalue weighted by Crippen LogP contribution is 2.37. The summed E-state index contributed by atoms with van der Waals surface area (Å²) in [6.45, 7) is 1.79. The quantitative estimate of drug-likeness (QED) is 0.777. The molecule has 1 aliphatic rings. The smallest absolute Gasteiger partial charge is 0.231 e. The minimum absolute atomic E-state index is 0.0377. The van der Waals surface area contributed by atoms with Crippen molar-refractivity contribution in [3.05, 3.63) is 24.4 Å². The molecule has 20 heavy (non-hydrogen) atoms. The molecule has 0 spiro atoms. The Morgan fingerprint density at radius 3 is 2.95 bits per heavy atom. The van der Waals surface area contributed by atoms with E-state index in [1.807, 2.05) is 18.2 Å². The van der Waals surface area contributed by atoms with Gasteiger partial charge in [0.1, 0.15) is 5.82 Å². The van der Waals surface area contributed by atoms with E-state index in [1.54, 1.807) is 6.20 Å². The molecule has 1 aromatic heterocycles. The molecule has 1 aliphatic heterocycles. The zero-order chi connectivity index (χ0) is 13.8. The maximum Gasteiger partial charge on any atom is 0.231 e. The van der Waals surface area contributed by atoms with E-state index in [0.717, 1.165) is 28.1 Å². The second-order valence-electron chi connectivity index (χ2n) is 4.35. The molecule has 0 saturated heterocycles. The van der Waals surface area contributed by atoms with Crippen LogP contribution >= 0.6 is 0 Å². The predicted molar refractivity (Wildman–Crippen MR) is 74.3 cm³/mol. The Kier molecular flexibility index (Phi) is 3.85. The molecule has 0 saturated carbocycles. The Morgan fingerprint density at radius 1 is 1.25 bits per heavy atom. The number of hydrogen-bond donors (Lipinski definition) is 2. The first kappa shape index (κ1) is 13.0. The number of fused-ring (bicyclic) bond motifs is 2. The summed E-state index contributed by atoms with van der Waals surface area (Å²) in [5, 5.41) is 13.9. The van der Waals surface area contributed by atoms with E-state index < -0.39 is 0 Å². The summed E-state index contributed by atoms with van der Waals surface area (Å²) < 4.78 is 16.0. The summed E-state index contributed by atoms with van der Waals surface area (Å²) in [5.41, 5.74) is 0. The average Bonchev–Trinajstić information content (AvgIpc) is 2.92. The SMILES string of the molecule is OCCOCCNc1nccc2cc3c(cc12)OCO3. The topological polar surface area (TPSA) is 72.8 Å². The van der Waals surface area contributed by atoms with Crippen molar-refractivity contribution in [3.8, 4) is 11.5 Å². The van der Waals surface area contributed by atoms with Gasteiger partial charge < -0.3 is 24.6 Å². The van der Waals surface area contributed by atoms with E-state index in [0.29, 0.717) is 19.8 Å². The number of aliphatic hydroxyl groups excluding tert-OH is 1. The maximum absolute atomic E-state index is 8.63. The molecule has 6 nitrogen and oxygen atoms in total. The Balaban J connectivity index is 1.77. The number of anilines is 1. The van der Waals surface area contributed by atoms with Gasteiger partial charge in [0, 0.05) is 18.1 Å². The van der Waals surface area contributed by atoms with Gasteiger partial charge in [0.2, 0.25) is 6.79 Å². The maximum atomic E-state index is 8.63. The summed E-state index contributed by atoms with van der Waals surface area (Å²) in [6.07, 6.45) is 1.75. The lowest BCUT2D eigenvalue weighted by Gasteiger charge is -2.09. The van der Waals surface area contributed by atoms with Crippen molar-refractivity contribution in [1.29, 1.82) is 0 Å². The van der Waals surface area contributed by atoms with Crippen LogP contribution in [0.3, 0.4) is 0 Å². The molecule has 1 aromatic carbocycles. The molecule has 0 unspecified atom stereocenters. The number of aliphatic hydroxyl groups is 1. The first-order chi connectivity index (χ1) is 9.88. The fourth-order valence-electron chi connectivity index (χ4n) is 2.11. The fraction of sp³-hybridized carbons (Fsp3) is 0.357. The molecule has 6 heteroatoms. The molecule has 0 bridgehead atoms. The van der Waals surface area contributed by atoms with Crippen LogP contribution in [0.1, 0.15) is 0 Å². The summed E-state index contributed by atoms with van der Waals surface area (Å²) >= 11 is 0. The molecule has 2 aromatic rings. The second-order valence-corrected chi connectivity index (χ2v) is 4.35. The number of nitrogens with zero attached hydrogens (tertiary/aromatic N) is 1. The predicted octanol–water partition coefficient (Wildman–Crippen LogP) is 1.38. The van der Waals surface area contributed by atoms with Crippen molar-refractivity contribution in [2.24, 2.45) is 0 Å². The number of rotatable bonds is 6. The zero-order valence-electron chi connectivity index (χ0n) is 11.0. The highest BCUT2D eigenvalue weighted by Gasteiger charge is 2.15. The van der Waals surface area contributed by atoms with Gasteiger partial charge >= 0.3 is 0 Å². The molecule has 0 fully saturated rings. The number of aromatic nitrogens is 1. The van der Waals surface area contributed by atoms with Crippen LogP contribution in [-0.4, -0.2) is 43.2 Å². The van der Waals surface area contributed by atoms with Gasteiger partial charge in [-0.3, -0.25) is 0 Å². The van der Waals surface area contributed by atoms with Crippen molar-refractivity contribution in [2.75, 3.05) is 38.5 Å². The monoisotopic (exact) mass is 276 g/mol. The first-order valence-electron chi connectivity index (χ1n) is 6.49. The van der Waals surface area contributed by atoms with Gasteiger partial charge in [-0.2, -0.15) is 0 Å².